The van der Waals surface area contributed by atoms with Crippen molar-refractivity contribution < 1.29 is 4.79 Å². The topological polar surface area (TPSA) is 59.2 Å². The second-order valence-corrected chi connectivity index (χ2v) is 7.42. The highest BCUT2D eigenvalue weighted by Crippen LogP contribution is 2.33. The minimum absolute atomic E-state index is 0.0430. The van der Waals surface area contributed by atoms with Gasteiger partial charge in [0.1, 0.15) is 0 Å². The van der Waals surface area contributed by atoms with E-state index in [9.17, 15) is 4.79 Å². The number of aromatic nitrogens is 1. The summed E-state index contributed by atoms with van der Waals surface area (Å²) in [5.41, 5.74) is 10.7. The van der Waals surface area contributed by atoms with Gasteiger partial charge in [0.2, 0.25) is 0 Å². The Hall–Kier alpha value is -2.98. The first-order valence-electron chi connectivity index (χ1n) is 9.74. The summed E-state index contributed by atoms with van der Waals surface area (Å²) in [5.74, 6) is 0.608. The molecule has 1 amide bonds. The molecule has 2 heterocycles. The summed E-state index contributed by atoms with van der Waals surface area (Å²) in [7, 11) is 0. The van der Waals surface area contributed by atoms with Crippen LogP contribution < -0.4 is 5.73 Å². The summed E-state index contributed by atoms with van der Waals surface area (Å²) in [6.45, 7) is 3.87. The molecule has 0 saturated carbocycles. The Kier molecular flexibility index (Phi) is 5.22. The Bertz CT molecular complexity index is 956. The summed E-state index contributed by atoms with van der Waals surface area (Å²) in [6, 6.07) is 24.2. The summed E-state index contributed by atoms with van der Waals surface area (Å²) < 4.78 is 0. The van der Waals surface area contributed by atoms with Gasteiger partial charge in [0.25, 0.3) is 5.91 Å². The second-order valence-electron chi connectivity index (χ2n) is 7.42. The van der Waals surface area contributed by atoms with Crippen molar-refractivity contribution in [2.45, 2.75) is 12.8 Å². The van der Waals surface area contributed by atoms with Crippen LogP contribution in [0.2, 0.25) is 0 Å². The highest BCUT2D eigenvalue weighted by Gasteiger charge is 2.36. The number of carbonyl (C=O) groups excluding carboxylic acids is 1. The van der Waals surface area contributed by atoms with Crippen molar-refractivity contribution in [1.29, 1.82) is 0 Å². The number of aryl methyl sites for hydroxylation is 1. The van der Waals surface area contributed by atoms with Crippen LogP contribution in [-0.2, 0) is 0 Å². The number of likely N-dealkylation sites (tertiary alicyclic amines) is 1. The van der Waals surface area contributed by atoms with E-state index in [1.807, 2.05) is 72.5 Å². The van der Waals surface area contributed by atoms with Gasteiger partial charge in [-0.1, -0.05) is 60.7 Å². The maximum absolute atomic E-state index is 13.2. The van der Waals surface area contributed by atoms with E-state index in [0.717, 1.165) is 17.0 Å². The molecule has 2 atom stereocenters. The summed E-state index contributed by atoms with van der Waals surface area (Å²) >= 11 is 0. The van der Waals surface area contributed by atoms with E-state index < -0.39 is 0 Å². The average Bonchev–Trinajstić information content (AvgIpc) is 3.19. The maximum atomic E-state index is 13.2. The van der Waals surface area contributed by atoms with Crippen molar-refractivity contribution in [2.24, 2.45) is 11.7 Å². The first-order valence-corrected chi connectivity index (χ1v) is 9.74. The van der Waals surface area contributed by atoms with E-state index in [4.69, 9.17) is 5.73 Å². The zero-order valence-electron chi connectivity index (χ0n) is 16.1. The molecule has 28 heavy (non-hydrogen) atoms. The Morgan fingerprint density at radius 2 is 1.68 bits per heavy atom. The molecule has 1 aromatic heterocycles. The van der Waals surface area contributed by atoms with Crippen LogP contribution in [0.3, 0.4) is 0 Å². The van der Waals surface area contributed by atoms with Crippen LogP contribution in [0.1, 0.15) is 27.5 Å². The van der Waals surface area contributed by atoms with Crippen LogP contribution >= 0.6 is 0 Å². The zero-order valence-corrected chi connectivity index (χ0v) is 16.1. The standard InChI is InChI=1S/C24H25N3O/c1-17-21(12-13-23(26-17)19-10-6-3-7-11-19)24(28)27-15-20(14-25)22(16-27)18-8-4-2-5-9-18/h2-13,20,22H,14-16,25H2,1H3/t20-,22+/m1/s1. The predicted octanol–water partition coefficient (Wildman–Crippen LogP) is 3.87. The van der Waals surface area contributed by atoms with Crippen LogP contribution in [-0.4, -0.2) is 35.4 Å². The van der Waals surface area contributed by atoms with Gasteiger partial charge >= 0.3 is 0 Å². The van der Waals surface area contributed by atoms with Gasteiger partial charge in [-0.15, -0.1) is 0 Å². The summed E-state index contributed by atoms with van der Waals surface area (Å²) in [6.07, 6.45) is 0. The number of nitrogens with two attached hydrogens (primary N) is 1. The van der Waals surface area contributed by atoms with Crippen molar-refractivity contribution in [3.05, 3.63) is 89.6 Å². The number of pyridine rings is 1. The molecule has 1 aliphatic rings. The van der Waals surface area contributed by atoms with Crippen molar-refractivity contribution in [3.63, 3.8) is 0 Å². The zero-order chi connectivity index (χ0) is 19.5. The molecule has 4 rings (SSSR count). The fourth-order valence-corrected chi connectivity index (χ4v) is 4.08. The lowest BCUT2D eigenvalue weighted by Gasteiger charge is -2.18. The number of rotatable bonds is 4. The van der Waals surface area contributed by atoms with Crippen LogP contribution in [0.15, 0.2) is 72.8 Å². The van der Waals surface area contributed by atoms with Gasteiger partial charge in [0, 0.05) is 24.6 Å². The smallest absolute Gasteiger partial charge is 0.255 e. The number of hydrogen-bond donors (Lipinski definition) is 1. The molecule has 3 aromatic rings. The van der Waals surface area contributed by atoms with Gasteiger partial charge in [-0.3, -0.25) is 9.78 Å². The van der Waals surface area contributed by atoms with Crippen LogP contribution in [0.5, 0.6) is 0 Å². The van der Waals surface area contributed by atoms with Gasteiger partial charge in [-0.2, -0.15) is 0 Å². The molecule has 1 aliphatic heterocycles. The molecule has 2 N–H and O–H groups in total. The lowest BCUT2D eigenvalue weighted by atomic mass is 9.89. The Morgan fingerprint density at radius 3 is 2.32 bits per heavy atom. The van der Waals surface area contributed by atoms with Crippen molar-refractivity contribution in [2.75, 3.05) is 19.6 Å². The molecule has 1 fully saturated rings. The summed E-state index contributed by atoms with van der Waals surface area (Å²) in [5, 5.41) is 0. The molecule has 0 aliphatic carbocycles. The maximum Gasteiger partial charge on any atom is 0.255 e. The normalized spacial score (nSPS) is 19.0. The predicted molar refractivity (Wildman–Crippen MR) is 112 cm³/mol. The molecule has 142 valence electrons. The SMILES string of the molecule is Cc1nc(-c2ccccc2)ccc1C(=O)N1C[C@@H](CN)[C@H](c2ccccc2)C1. The first-order chi connectivity index (χ1) is 13.7. The molecule has 0 radical (unpaired) electrons. The first kappa shape index (κ1) is 18.4. The molecular formula is C24H25N3O. The van der Waals surface area contributed by atoms with E-state index in [-0.39, 0.29) is 17.7 Å². The van der Waals surface area contributed by atoms with E-state index >= 15 is 0 Å². The lowest BCUT2D eigenvalue weighted by Crippen LogP contribution is -2.30. The fraction of sp³-hybridized carbons (Fsp3) is 0.250. The monoisotopic (exact) mass is 371 g/mol. The van der Waals surface area contributed by atoms with Crippen LogP contribution in [0, 0.1) is 12.8 Å². The summed E-state index contributed by atoms with van der Waals surface area (Å²) in [4.78, 5) is 19.8. The largest absolute Gasteiger partial charge is 0.338 e. The molecular weight excluding hydrogens is 346 g/mol. The highest BCUT2D eigenvalue weighted by atomic mass is 16.2. The highest BCUT2D eigenvalue weighted by molar-refractivity contribution is 5.95. The third kappa shape index (κ3) is 3.56. The number of benzene rings is 2. The molecule has 0 bridgehead atoms. The number of hydrogen-bond acceptors (Lipinski definition) is 3. The Balaban J connectivity index is 1.56. The number of amides is 1. The van der Waals surface area contributed by atoms with E-state index in [1.165, 1.54) is 5.56 Å². The minimum Gasteiger partial charge on any atom is -0.338 e. The Labute approximate surface area is 166 Å². The van der Waals surface area contributed by atoms with Crippen molar-refractivity contribution >= 4 is 5.91 Å². The van der Waals surface area contributed by atoms with Gasteiger partial charge < -0.3 is 10.6 Å². The second kappa shape index (κ2) is 7.95. The fourth-order valence-electron chi connectivity index (χ4n) is 4.08. The number of carbonyl (C=O) groups is 1. The van der Waals surface area contributed by atoms with Gasteiger partial charge in [-0.05, 0) is 37.1 Å². The average molecular weight is 371 g/mol. The quantitative estimate of drug-likeness (QED) is 0.757. The van der Waals surface area contributed by atoms with Gasteiger partial charge in [0.15, 0.2) is 0 Å². The van der Waals surface area contributed by atoms with E-state index in [0.29, 0.717) is 25.2 Å². The Morgan fingerprint density at radius 1 is 1.00 bits per heavy atom. The van der Waals surface area contributed by atoms with Crippen LogP contribution in [0.4, 0.5) is 0 Å². The van der Waals surface area contributed by atoms with Gasteiger partial charge in [-0.25, -0.2) is 0 Å². The van der Waals surface area contributed by atoms with Crippen LogP contribution in [0.25, 0.3) is 11.3 Å². The third-order valence-corrected chi connectivity index (χ3v) is 5.64. The lowest BCUT2D eigenvalue weighted by molar-refractivity contribution is 0.0785. The van der Waals surface area contributed by atoms with Crippen molar-refractivity contribution in [1.82, 2.24) is 9.88 Å². The molecule has 2 aromatic carbocycles. The van der Waals surface area contributed by atoms with E-state index in [2.05, 4.69) is 17.1 Å². The minimum atomic E-state index is 0.0430. The van der Waals surface area contributed by atoms with Gasteiger partial charge in [0.05, 0.1) is 17.0 Å². The number of nitrogens with zero attached hydrogens (tertiary/aromatic N) is 2. The van der Waals surface area contributed by atoms with Crippen molar-refractivity contribution in [3.8, 4) is 11.3 Å². The molecule has 4 nitrogen and oxygen atoms in total. The third-order valence-electron chi connectivity index (χ3n) is 5.64. The molecule has 0 unspecified atom stereocenters. The molecule has 0 spiro atoms. The molecule has 4 heteroatoms. The molecule has 1 saturated heterocycles. The van der Waals surface area contributed by atoms with E-state index in [1.54, 1.807) is 0 Å².